The lowest BCUT2D eigenvalue weighted by atomic mass is 9.48. The van der Waals surface area contributed by atoms with Crippen molar-refractivity contribution in [1.82, 2.24) is 0 Å². The molecule has 160 valence electrons. The van der Waals surface area contributed by atoms with Crippen LogP contribution in [0.5, 0.6) is 0 Å². The number of esters is 1. The van der Waals surface area contributed by atoms with Crippen molar-refractivity contribution in [3.05, 3.63) is 70.8 Å². The molecular formula is C27H28O4. The van der Waals surface area contributed by atoms with E-state index >= 15 is 0 Å². The van der Waals surface area contributed by atoms with Crippen LogP contribution in [0, 0.1) is 30.1 Å². The number of hydrogen-bond donors (Lipinski definition) is 0. The van der Waals surface area contributed by atoms with Gasteiger partial charge in [-0.3, -0.25) is 9.59 Å². The van der Waals surface area contributed by atoms with Crippen LogP contribution in [-0.2, 0) is 9.53 Å². The molecule has 0 spiro atoms. The highest BCUT2D eigenvalue weighted by molar-refractivity contribution is 6.14. The van der Waals surface area contributed by atoms with E-state index in [4.69, 9.17) is 4.74 Å². The Labute approximate surface area is 183 Å². The van der Waals surface area contributed by atoms with Gasteiger partial charge in [0.15, 0.2) is 18.2 Å². The molecule has 0 heterocycles. The Balaban J connectivity index is 1.30. The van der Waals surface area contributed by atoms with Crippen molar-refractivity contribution < 1.29 is 19.1 Å². The number of benzene rings is 2. The SMILES string of the molecule is Cc1ccc(C(=O)c2ccccc2C(=O)OCC(=O)C23CC4CC(CC(C4)C2)C3)cc1. The van der Waals surface area contributed by atoms with E-state index in [0.717, 1.165) is 24.8 Å². The van der Waals surface area contributed by atoms with E-state index in [1.54, 1.807) is 36.4 Å². The Morgan fingerprint density at radius 1 is 0.839 bits per heavy atom. The van der Waals surface area contributed by atoms with Gasteiger partial charge in [-0.05, 0) is 69.3 Å². The molecule has 0 radical (unpaired) electrons. The molecule has 0 saturated heterocycles. The second kappa shape index (κ2) is 7.74. The van der Waals surface area contributed by atoms with Gasteiger partial charge in [0.2, 0.25) is 0 Å². The van der Waals surface area contributed by atoms with Crippen LogP contribution in [0.3, 0.4) is 0 Å². The summed E-state index contributed by atoms with van der Waals surface area (Å²) in [6.45, 7) is 1.76. The number of rotatable bonds is 6. The van der Waals surface area contributed by atoms with Crippen LogP contribution in [-0.4, -0.2) is 24.1 Å². The number of aryl methyl sites for hydroxylation is 1. The summed E-state index contributed by atoms with van der Waals surface area (Å²) in [5, 5.41) is 0. The van der Waals surface area contributed by atoms with E-state index in [9.17, 15) is 14.4 Å². The molecule has 4 aliphatic rings. The maximum absolute atomic E-state index is 13.2. The highest BCUT2D eigenvalue weighted by atomic mass is 16.5. The van der Waals surface area contributed by atoms with E-state index in [1.807, 2.05) is 19.1 Å². The number of ether oxygens (including phenoxy) is 1. The van der Waals surface area contributed by atoms with Crippen molar-refractivity contribution in [2.24, 2.45) is 23.2 Å². The number of ketones is 2. The molecule has 2 aromatic carbocycles. The fourth-order valence-electron chi connectivity index (χ4n) is 6.53. The van der Waals surface area contributed by atoms with E-state index in [0.29, 0.717) is 28.9 Å². The van der Waals surface area contributed by atoms with E-state index in [2.05, 4.69) is 0 Å². The summed E-state index contributed by atoms with van der Waals surface area (Å²) in [4.78, 5) is 39.0. The van der Waals surface area contributed by atoms with Crippen LogP contribution in [0.15, 0.2) is 48.5 Å². The lowest BCUT2D eigenvalue weighted by Gasteiger charge is -2.55. The van der Waals surface area contributed by atoms with E-state index in [1.165, 1.54) is 19.3 Å². The average Bonchev–Trinajstić information content (AvgIpc) is 2.76. The molecular weight excluding hydrogens is 388 g/mol. The fraction of sp³-hybridized carbons (Fsp3) is 0.444. The topological polar surface area (TPSA) is 60.4 Å². The zero-order chi connectivity index (χ0) is 21.6. The summed E-state index contributed by atoms with van der Waals surface area (Å²) in [5.41, 5.74) is 1.82. The standard InChI is InChI=1S/C27H28O4/c1-17-6-8-21(9-7-17)25(29)22-4-2-3-5-23(22)26(30)31-16-24(28)27-13-18-10-19(14-27)12-20(11-18)15-27/h2-9,18-20H,10-16H2,1H3. The lowest BCUT2D eigenvalue weighted by Crippen LogP contribution is -2.51. The quantitative estimate of drug-likeness (QED) is 0.482. The van der Waals surface area contributed by atoms with Crippen LogP contribution < -0.4 is 0 Å². The van der Waals surface area contributed by atoms with Crippen molar-refractivity contribution in [1.29, 1.82) is 0 Å². The fourth-order valence-corrected chi connectivity index (χ4v) is 6.53. The van der Waals surface area contributed by atoms with Gasteiger partial charge >= 0.3 is 5.97 Å². The first-order valence-electron chi connectivity index (χ1n) is 11.3. The van der Waals surface area contributed by atoms with Gasteiger partial charge in [-0.2, -0.15) is 0 Å². The van der Waals surface area contributed by atoms with Crippen LogP contribution in [0.2, 0.25) is 0 Å². The third-order valence-electron chi connectivity index (χ3n) is 7.67. The number of hydrogen-bond acceptors (Lipinski definition) is 4. The van der Waals surface area contributed by atoms with Crippen molar-refractivity contribution in [3.8, 4) is 0 Å². The zero-order valence-electron chi connectivity index (χ0n) is 17.9. The first kappa shape index (κ1) is 20.2. The molecule has 4 nitrogen and oxygen atoms in total. The van der Waals surface area contributed by atoms with Crippen molar-refractivity contribution in [2.45, 2.75) is 45.4 Å². The maximum Gasteiger partial charge on any atom is 0.339 e. The van der Waals surface area contributed by atoms with Gasteiger partial charge in [-0.15, -0.1) is 0 Å². The van der Waals surface area contributed by atoms with Gasteiger partial charge < -0.3 is 4.74 Å². The number of Topliss-reactive ketones (excluding diaryl/α,β-unsaturated/α-hetero) is 1. The molecule has 0 amide bonds. The van der Waals surface area contributed by atoms with E-state index in [-0.39, 0.29) is 29.2 Å². The third-order valence-corrected chi connectivity index (χ3v) is 7.67. The number of carbonyl (C=O) groups is 3. The highest BCUT2D eigenvalue weighted by Gasteiger charge is 2.54. The zero-order valence-corrected chi connectivity index (χ0v) is 17.9. The minimum atomic E-state index is -0.603. The molecule has 31 heavy (non-hydrogen) atoms. The second-order valence-electron chi connectivity index (χ2n) is 9.94. The lowest BCUT2D eigenvalue weighted by molar-refractivity contribution is -0.147. The first-order chi connectivity index (χ1) is 14.9. The smallest absolute Gasteiger partial charge is 0.339 e. The van der Waals surface area contributed by atoms with Gasteiger partial charge in [0, 0.05) is 16.5 Å². The third kappa shape index (κ3) is 3.73. The van der Waals surface area contributed by atoms with Gasteiger partial charge in [-0.25, -0.2) is 4.79 Å². The normalized spacial score (nSPS) is 28.4. The Bertz CT molecular complexity index is 998. The molecule has 4 aliphatic carbocycles. The molecule has 0 N–H and O–H groups in total. The van der Waals surface area contributed by atoms with Gasteiger partial charge in [-0.1, -0.05) is 48.0 Å². The molecule has 4 saturated carbocycles. The minimum Gasteiger partial charge on any atom is -0.454 e. The van der Waals surface area contributed by atoms with E-state index < -0.39 is 5.97 Å². The first-order valence-corrected chi connectivity index (χ1v) is 11.3. The minimum absolute atomic E-state index is 0.0716. The molecule has 6 rings (SSSR count). The molecule has 4 bridgehead atoms. The molecule has 0 aromatic heterocycles. The predicted molar refractivity (Wildman–Crippen MR) is 117 cm³/mol. The molecule has 0 atom stereocenters. The molecule has 4 heteroatoms. The summed E-state index contributed by atoms with van der Waals surface area (Å²) in [5.74, 6) is 1.24. The average molecular weight is 417 g/mol. The van der Waals surface area contributed by atoms with Crippen LogP contribution in [0.4, 0.5) is 0 Å². The predicted octanol–water partition coefficient (Wildman–Crippen LogP) is 5.17. The molecule has 0 aliphatic heterocycles. The molecule has 2 aromatic rings. The summed E-state index contributed by atoms with van der Waals surface area (Å²) < 4.78 is 5.48. The summed E-state index contributed by atoms with van der Waals surface area (Å²) >= 11 is 0. The van der Waals surface area contributed by atoms with Gasteiger partial charge in [0.05, 0.1) is 5.56 Å². The van der Waals surface area contributed by atoms with Crippen molar-refractivity contribution >= 4 is 17.5 Å². The second-order valence-corrected chi connectivity index (χ2v) is 9.94. The summed E-state index contributed by atoms with van der Waals surface area (Å²) in [7, 11) is 0. The summed E-state index contributed by atoms with van der Waals surface area (Å²) in [6, 6.07) is 13.9. The van der Waals surface area contributed by atoms with Crippen molar-refractivity contribution in [3.63, 3.8) is 0 Å². The van der Waals surface area contributed by atoms with Gasteiger partial charge in [0.1, 0.15) is 0 Å². The number of carbonyl (C=O) groups excluding carboxylic acids is 3. The Morgan fingerprint density at radius 2 is 1.39 bits per heavy atom. The monoisotopic (exact) mass is 416 g/mol. The highest BCUT2D eigenvalue weighted by Crippen LogP contribution is 2.60. The molecule has 0 unspecified atom stereocenters. The van der Waals surface area contributed by atoms with Gasteiger partial charge in [0.25, 0.3) is 0 Å². The Morgan fingerprint density at radius 3 is 1.97 bits per heavy atom. The summed E-state index contributed by atoms with van der Waals surface area (Å²) in [6.07, 6.45) is 6.66. The molecule has 4 fully saturated rings. The van der Waals surface area contributed by atoms with Crippen LogP contribution >= 0.6 is 0 Å². The largest absolute Gasteiger partial charge is 0.454 e. The van der Waals surface area contributed by atoms with Crippen LogP contribution in [0.1, 0.15) is 70.4 Å². The Kier molecular flexibility index (Phi) is 5.04. The van der Waals surface area contributed by atoms with Crippen LogP contribution in [0.25, 0.3) is 0 Å². The van der Waals surface area contributed by atoms with Crippen molar-refractivity contribution in [2.75, 3.05) is 6.61 Å². The Hall–Kier alpha value is -2.75. The maximum atomic E-state index is 13.2.